The second kappa shape index (κ2) is 5.98. The van der Waals surface area contributed by atoms with Crippen LogP contribution in [-0.4, -0.2) is 22.9 Å². The number of carbonyl (C=O) groups excluding carboxylic acids is 2. The number of anilines is 2. The fraction of sp³-hybridized carbons (Fsp3) is 0.158. The number of hydrogen-bond acceptors (Lipinski definition) is 3. The average Bonchev–Trinajstić information content (AvgIpc) is 2.99. The van der Waals surface area contributed by atoms with Crippen LogP contribution in [0.15, 0.2) is 48.7 Å². The first-order valence-electron chi connectivity index (χ1n) is 8.06. The minimum Gasteiger partial charge on any atom is -0.479 e. The van der Waals surface area contributed by atoms with E-state index in [1.165, 1.54) is 0 Å². The number of nitrogens with one attached hydrogen (secondary N) is 3. The maximum atomic E-state index is 12.4. The van der Waals surface area contributed by atoms with Crippen LogP contribution in [0, 0.1) is 0 Å². The Labute approximate surface area is 144 Å². The van der Waals surface area contributed by atoms with E-state index in [0.29, 0.717) is 17.1 Å². The number of fused-ring (bicyclic) bond motifs is 2. The second-order valence-corrected chi connectivity index (χ2v) is 6.04. The molecule has 0 spiro atoms. The Morgan fingerprint density at radius 1 is 1.24 bits per heavy atom. The van der Waals surface area contributed by atoms with Crippen LogP contribution in [0.5, 0.6) is 5.75 Å². The highest BCUT2D eigenvalue weighted by atomic mass is 16.5. The molecule has 0 aliphatic carbocycles. The third-order valence-electron chi connectivity index (χ3n) is 4.22. The molecule has 1 aliphatic rings. The second-order valence-electron chi connectivity index (χ2n) is 6.04. The van der Waals surface area contributed by atoms with Gasteiger partial charge in [-0.2, -0.15) is 0 Å². The molecular formula is C19H17N3O3. The molecule has 0 saturated heterocycles. The molecule has 3 aromatic rings. The van der Waals surface area contributed by atoms with E-state index < -0.39 is 6.10 Å². The Balaban J connectivity index is 1.50. The van der Waals surface area contributed by atoms with Gasteiger partial charge < -0.3 is 20.4 Å². The maximum absolute atomic E-state index is 12.4. The molecule has 2 heterocycles. The molecule has 0 unspecified atom stereocenters. The topological polar surface area (TPSA) is 83.2 Å². The number of aromatic amines is 1. The van der Waals surface area contributed by atoms with Gasteiger partial charge in [-0.15, -0.1) is 0 Å². The van der Waals surface area contributed by atoms with E-state index in [-0.39, 0.29) is 18.2 Å². The fourth-order valence-electron chi connectivity index (χ4n) is 2.94. The maximum Gasteiger partial charge on any atom is 0.265 e. The van der Waals surface area contributed by atoms with Gasteiger partial charge in [-0.1, -0.05) is 18.2 Å². The third-order valence-corrected chi connectivity index (χ3v) is 4.22. The van der Waals surface area contributed by atoms with E-state index in [2.05, 4.69) is 15.6 Å². The van der Waals surface area contributed by atoms with E-state index in [1.54, 1.807) is 25.1 Å². The molecular weight excluding hydrogens is 318 g/mol. The summed E-state index contributed by atoms with van der Waals surface area (Å²) in [7, 11) is 0. The number of rotatable bonds is 3. The molecule has 6 nitrogen and oxygen atoms in total. The van der Waals surface area contributed by atoms with Gasteiger partial charge in [0.25, 0.3) is 5.91 Å². The summed E-state index contributed by atoms with van der Waals surface area (Å²) in [5, 5.41) is 6.67. The van der Waals surface area contributed by atoms with Crippen LogP contribution in [0.25, 0.3) is 10.9 Å². The van der Waals surface area contributed by atoms with Crippen molar-refractivity contribution in [2.45, 2.75) is 19.4 Å². The Bertz CT molecular complexity index is 977. The molecule has 2 aromatic carbocycles. The Hall–Kier alpha value is -3.28. The Morgan fingerprint density at radius 2 is 2.08 bits per heavy atom. The van der Waals surface area contributed by atoms with Gasteiger partial charge in [0.05, 0.1) is 12.1 Å². The van der Waals surface area contributed by atoms with Crippen molar-refractivity contribution in [1.82, 2.24) is 4.98 Å². The van der Waals surface area contributed by atoms with Crippen molar-refractivity contribution in [3.63, 3.8) is 0 Å². The van der Waals surface area contributed by atoms with E-state index in [4.69, 9.17) is 4.74 Å². The number of benzene rings is 2. The SMILES string of the molecule is C[C@H]1Oc2ccc(NC(=O)Cc3c[nH]c4ccccc34)cc2NC1=O. The Morgan fingerprint density at radius 3 is 2.96 bits per heavy atom. The third kappa shape index (κ3) is 2.94. The molecule has 0 fully saturated rings. The van der Waals surface area contributed by atoms with Crippen molar-refractivity contribution < 1.29 is 14.3 Å². The Kier molecular flexibility index (Phi) is 3.65. The lowest BCUT2D eigenvalue weighted by Gasteiger charge is -2.23. The fourth-order valence-corrected chi connectivity index (χ4v) is 2.94. The summed E-state index contributed by atoms with van der Waals surface area (Å²) in [5.74, 6) is 0.276. The predicted octanol–water partition coefficient (Wildman–Crippen LogP) is 3.07. The highest BCUT2D eigenvalue weighted by Gasteiger charge is 2.23. The van der Waals surface area contributed by atoms with Gasteiger partial charge in [-0.25, -0.2) is 0 Å². The number of amides is 2. The smallest absolute Gasteiger partial charge is 0.265 e. The van der Waals surface area contributed by atoms with Crippen molar-refractivity contribution in [3.05, 3.63) is 54.2 Å². The summed E-state index contributed by atoms with van der Waals surface area (Å²) in [6.45, 7) is 1.69. The van der Waals surface area contributed by atoms with Crippen LogP contribution in [0.4, 0.5) is 11.4 Å². The first-order chi connectivity index (χ1) is 12.1. The summed E-state index contributed by atoms with van der Waals surface area (Å²) in [5.41, 5.74) is 3.12. The molecule has 3 N–H and O–H groups in total. The number of ether oxygens (including phenoxy) is 1. The highest BCUT2D eigenvalue weighted by molar-refractivity contribution is 6.00. The monoisotopic (exact) mass is 335 g/mol. The zero-order valence-corrected chi connectivity index (χ0v) is 13.6. The van der Waals surface area contributed by atoms with Crippen LogP contribution >= 0.6 is 0 Å². The van der Waals surface area contributed by atoms with E-state index in [0.717, 1.165) is 16.5 Å². The van der Waals surface area contributed by atoms with Gasteiger partial charge in [0, 0.05) is 22.8 Å². The molecule has 4 rings (SSSR count). The van der Waals surface area contributed by atoms with E-state index in [9.17, 15) is 9.59 Å². The van der Waals surface area contributed by atoms with Crippen molar-refractivity contribution in [3.8, 4) is 5.75 Å². The van der Waals surface area contributed by atoms with Gasteiger partial charge in [-0.05, 0) is 36.8 Å². The summed E-state index contributed by atoms with van der Waals surface area (Å²) in [4.78, 5) is 27.2. The van der Waals surface area contributed by atoms with E-state index in [1.807, 2.05) is 30.5 Å². The largest absolute Gasteiger partial charge is 0.479 e. The van der Waals surface area contributed by atoms with Gasteiger partial charge >= 0.3 is 0 Å². The van der Waals surface area contributed by atoms with Gasteiger partial charge in [-0.3, -0.25) is 9.59 Å². The van der Waals surface area contributed by atoms with Crippen molar-refractivity contribution in [2.75, 3.05) is 10.6 Å². The molecule has 0 saturated carbocycles. The number of para-hydroxylation sites is 1. The summed E-state index contributed by atoms with van der Waals surface area (Å²) < 4.78 is 5.51. The number of carbonyl (C=O) groups is 2. The molecule has 6 heteroatoms. The average molecular weight is 335 g/mol. The lowest BCUT2D eigenvalue weighted by Crippen LogP contribution is -2.34. The van der Waals surface area contributed by atoms with Crippen LogP contribution in [-0.2, 0) is 16.0 Å². The number of aromatic nitrogens is 1. The predicted molar refractivity (Wildman–Crippen MR) is 95.8 cm³/mol. The van der Waals surface area contributed by atoms with Crippen LogP contribution in [0.3, 0.4) is 0 Å². The van der Waals surface area contributed by atoms with Gasteiger partial charge in [0.1, 0.15) is 5.75 Å². The standard InChI is InChI=1S/C19H17N3O3/c1-11-19(24)22-16-9-13(6-7-17(16)25-11)21-18(23)8-12-10-20-15-5-3-2-4-14(12)15/h2-7,9-11,20H,8H2,1H3,(H,21,23)(H,22,24)/t11-/m1/s1. The van der Waals surface area contributed by atoms with Crippen molar-refractivity contribution >= 4 is 34.1 Å². The number of hydrogen-bond donors (Lipinski definition) is 3. The van der Waals surface area contributed by atoms with Crippen LogP contribution in [0.1, 0.15) is 12.5 Å². The van der Waals surface area contributed by atoms with Crippen molar-refractivity contribution in [1.29, 1.82) is 0 Å². The molecule has 1 aromatic heterocycles. The normalized spacial score (nSPS) is 16.0. The summed E-state index contributed by atoms with van der Waals surface area (Å²) in [6.07, 6.45) is 1.60. The minimum absolute atomic E-state index is 0.124. The zero-order chi connectivity index (χ0) is 17.4. The molecule has 1 aliphatic heterocycles. The first kappa shape index (κ1) is 15.3. The van der Waals surface area contributed by atoms with E-state index >= 15 is 0 Å². The molecule has 25 heavy (non-hydrogen) atoms. The molecule has 0 radical (unpaired) electrons. The molecule has 1 atom stereocenters. The summed E-state index contributed by atoms with van der Waals surface area (Å²) >= 11 is 0. The lowest BCUT2D eigenvalue weighted by molar-refractivity contribution is -0.122. The zero-order valence-electron chi connectivity index (χ0n) is 13.6. The summed E-state index contributed by atoms with van der Waals surface area (Å²) in [6, 6.07) is 13.1. The van der Waals surface area contributed by atoms with Crippen molar-refractivity contribution in [2.24, 2.45) is 0 Å². The van der Waals surface area contributed by atoms with Gasteiger partial charge in [0.2, 0.25) is 5.91 Å². The van der Waals surface area contributed by atoms with Crippen LogP contribution < -0.4 is 15.4 Å². The minimum atomic E-state index is -0.519. The van der Waals surface area contributed by atoms with Gasteiger partial charge in [0.15, 0.2) is 6.10 Å². The highest BCUT2D eigenvalue weighted by Crippen LogP contribution is 2.32. The molecule has 0 bridgehead atoms. The van der Waals surface area contributed by atoms with Crippen LogP contribution in [0.2, 0.25) is 0 Å². The molecule has 2 amide bonds. The first-order valence-corrected chi connectivity index (χ1v) is 8.06. The quantitative estimate of drug-likeness (QED) is 0.688. The lowest BCUT2D eigenvalue weighted by atomic mass is 10.1. The molecule has 126 valence electrons. The number of H-pyrrole nitrogens is 1.